The Bertz CT molecular complexity index is 1560. The van der Waals surface area contributed by atoms with Crippen LogP contribution in [0.2, 0.25) is 5.02 Å². The van der Waals surface area contributed by atoms with Crippen LogP contribution in [0.4, 0.5) is 0 Å². The Morgan fingerprint density at radius 1 is 0.951 bits per heavy atom. The molecule has 1 fully saturated rings. The summed E-state index contributed by atoms with van der Waals surface area (Å²) in [5.74, 6) is -1.04. The number of carbonyl (C=O) groups is 3. The zero-order valence-corrected chi connectivity index (χ0v) is 23.6. The van der Waals surface area contributed by atoms with Crippen LogP contribution in [0.5, 0.6) is 5.75 Å². The van der Waals surface area contributed by atoms with Crippen LogP contribution in [-0.4, -0.2) is 54.4 Å². The molecule has 0 aliphatic carbocycles. The molecule has 41 heavy (non-hydrogen) atoms. The van der Waals surface area contributed by atoms with Crippen LogP contribution in [0, 0.1) is 0 Å². The van der Waals surface area contributed by atoms with Crippen LogP contribution in [0.3, 0.4) is 0 Å². The Balaban J connectivity index is 1.33. The van der Waals surface area contributed by atoms with E-state index >= 15 is 0 Å². The Labute approximate surface area is 244 Å². The standard InChI is InChI=1S/C33H32ClN3O4/c1-22(38)41-31-9-5-4-8-29(31)32(39)36-30(20-23-11-14-27(34)15-12-23)33(40)37-17-16-35-28(21-37)19-24-10-13-25-6-2-3-7-26(25)18-24/h2-15,18,28,30,35H,16-17,19-21H2,1H3,(H,36,39)/t28-,30-/m1/s1. The molecule has 4 aromatic rings. The number of fused-ring (bicyclic) bond motifs is 1. The number of halogens is 1. The van der Waals surface area contributed by atoms with Gasteiger partial charge in [-0.3, -0.25) is 14.4 Å². The molecule has 210 valence electrons. The predicted molar refractivity (Wildman–Crippen MR) is 160 cm³/mol. The molecule has 1 aliphatic heterocycles. The van der Waals surface area contributed by atoms with Crippen LogP contribution >= 0.6 is 11.6 Å². The van der Waals surface area contributed by atoms with Gasteiger partial charge in [-0.05, 0) is 52.6 Å². The maximum absolute atomic E-state index is 13.9. The van der Waals surface area contributed by atoms with E-state index in [-0.39, 0.29) is 29.7 Å². The number of hydrogen-bond donors (Lipinski definition) is 2. The summed E-state index contributed by atoms with van der Waals surface area (Å²) in [6.45, 7) is 2.98. The zero-order chi connectivity index (χ0) is 28.8. The van der Waals surface area contributed by atoms with E-state index in [2.05, 4.69) is 41.0 Å². The van der Waals surface area contributed by atoms with Crippen molar-refractivity contribution in [2.45, 2.75) is 31.8 Å². The summed E-state index contributed by atoms with van der Waals surface area (Å²) >= 11 is 6.08. The fraction of sp³-hybridized carbons (Fsp3) is 0.242. The summed E-state index contributed by atoms with van der Waals surface area (Å²) < 4.78 is 5.24. The summed E-state index contributed by atoms with van der Waals surface area (Å²) in [4.78, 5) is 40.7. The normalized spacial score (nSPS) is 15.8. The lowest BCUT2D eigenvalue weighted by atomic mass is 9.99. The van der Waals surface area contributed by atoms with E-state index in [1.807, 2.05) is 29.2 Å². The minimum absolute atomic E-state index is 0.0745. The predicted octanol–water partition coefficient (Wildman–Crippen LogP) is 4.80. The van der Waals surface area contributed by atoms with Gasteiger partial charge in [0, 0.05) is 44.0 Å². The van der Waals surface area contributed by atoms with Crippen molar-refractivity contribution in [1.29, 1.82) is 0 Å². The number of rotatable bonds is 8. The molecule has 5 rings (SSSR count). The first kappa shape index (κ1) is 28.3. The number of carbonyl (C=O) groups excluding carboxylic acids is 3. The lowest BCUT2D eigenvalue weighted by molar-refractivity contribution is -0.134. The molecule has 1 aliphatic rings. The maximum atomic E-state index is 13.9. The first-order valence-electron chi connectivity index (χ1n) is 13.7. The Morgan fingerprint density at radius 2 is 1.66 bits per heavy atom. The monoisotopic (exact) mass is 569 g/mol. The molecule has 2 atom stereocenters. The number of amides is 2. The van der Waals surface area contributed by atoms with Crippen LogP contribution in [0.25, 0.3) is 10.8 Å². The van der Waals surface area contributed by atoms with Crippen LogP contribution in [0.15, 0.2) is 91.0 Å². The summed E-state index contributed by atoms with van der Waals surface area (Å²) in [7, 11) is 0. The van der Waals surface area contributed by atoms with Gasteiger partial charge in [-0.1, -0.05) is 78.3 Å². The van der Waals surface area contributed by atoms with Crippen molar-refractivity contribution < 1.29 is 19.1 Å². The van der Waals surface area contributed by atoms with E-state index in [9.17, 15) is 14.4 Å². The van der Waals surface area contributed by atoms with Gasteiger partial charge < -0.3 is 20.3 Å². The second-order valence-electron chi connectivity index (χ2n) is 10.3. The molecular weight excluding hydrogens is 538 g/mol. The molecule has 0 saturated carbocycles. The van der Waals surface area contributed by atoms with Gasteiger partial charge in [-0.2, -0.15) is 0 Å². The quantitative estimate of drug-likeness (QED) is 0.235. The highest BCUT2D eigenvalue weighted by molar-refractivity contribution is 6.30. The third kappa shape index (κ3) is 7.31. The van der Waals surface area contributed by atoms with E-state index in [1.54, 1.807) is 36.4 Å². The van der Waals surface area contributed by atoms with Crippen molar-refractivity contribution >= 4 is 40.2 Å². The number of nitrogens with one attached hydrogen (secondary N) is 2. The van der Waals surface area contributed by atoms with Gasteiger partial charge in [0.05, 0.1) is 5.56 Å². The molecule has 8 heteroatoms. The van der Waals surface area contributed by atoms with Crippen molar-refractivity contribution in [3.63, 3.8) is 0 Å². The number of hydrogen-bond acceptors (Lipinski definition) is 5. The number of nitrogens with zero attached hydrogens (tertiary/aromatic N) is 1. The molecule has 0 spiro atoms. The SMILES string of the molecule is CC(=O)Oc1ccccc1C(=O)N[C@H](Cc1ccc(Cl)cc1)C(=O)N1CCN[C@H](Cc2ccc3ccccc3c2)C1. The number of esters is 1. The van der Waals surface area contributed by atoms with Crippen molar-refractivity contribution in [1.82, 2.24) is 15.5 Å². The molecule has 0 aromatic heterocycles. The van der Waals surface area contributed by atoms with E-state index in [0.717, 1.165) is 12.0 Å². The Hall–Kier alpha value is -4.20. The van der Waals surface area contributed by atoms with Crippen molar-refractivity contribution in [2.75, 3.05) is 19.6 Å². The van der Waals surface area contributed by atoms with Crippen molar-refractivity contribution in [3.8, 4) is 5.75 Å². The van der Waals surface area contributed by atoms with Gasteiger partial charge in [-0.25, -0.2) is 0 Å². The molecule has 4 aromatic carbocycles. The van der Waals surface area contributed by atoms with Crippen LogP contribution in [-0.2, 0) is 22.4 Å². The summed E-state index contributed by atoms with van der Waals surface area (Å²) in [5, 5.41) is 9.44. The second kappa shape index (κ2) is 13.0. The molecule has 1 saturated heterocycles. The van der Waals surface area contributed by atoms with E-state index in [0.29, 0.717) is 24.7 Å². The number of piperazine rings is 1. The lowest BCUT2D eigenvalue weighted by Crippen LogP contribution is -2.58. The van der Waals surface area contributed by atoms with Crippen molar-refractivity contribution in [3.05, 3.63) is 113 Å². The first-order chi connectivity index (χ1) is 19.9. The van der Waals surface area contributed by atoms with Gasteiger partial charge in [-0.15, -0.1) is 0 Å². The Kier molecular flexibility index (Phi) is 8.97. The van der Waals surface area contributed by atoms with Gasteiger partial charge in [0.2, 0.25) is 5.91 Å². The zero-order valence-electron chi connectivity index (χ0n) is 22.8. The lowest BCUT2D eigenvalue weighted by Gasteiger charge is -2.36. The molecular formula is C33H32ClN3O4. The maximum Gasteiger partial charge on any atom is 0.308 e. The molecule has 7 nitrogen and oxygen atoms in total. The first-order valence-corrected chi connectivity index (χ1v) is 14.1. The van der Waals surface area contributed by atoms with Crippen LogP contribution < -0.4 is 15.4 Å². The third-order valence-corrected chi connectivity index (χ3v) is 7.46. The number of benzene rings is 4. The van der Waals surface area contributed by atoms with Gasteiger partial charge in [0.15, 0.2) is 0 Å². The van der Waals surface area contributed by atoms with Crippen molar-refractivity contribution in [2.24, 2.45) is 0 Å². The van der Waals surface area contributed by atoms with E-state index in [1.165, 1.54) is 23.3 Å². The second-order valence-corrected chi connectivity index (χ2v) is 10.7. The molecule has 0 bridgehead atoms. The van der Waals surface area contributed by atoms with Gasteiger partial charge in [0.1, 0.15) is 11.8 Å². The van der Waals surface area contributed by atoms with E-state index < -0.39 is 17.9 Å². The largest absolute Gasteiger partial charge is 0.426 e. The van der Waals surface area contributed by atoms with E-state index in [4.69, 9.17) is 16.3 Å². The average molecular weight is 570 g/mol. The number of para-hydroxylation sites is 1. The minimum atomic E-state index is -0.825. The highest BCUT2D eigenvalue weighted by Gasteiger charge is 2.31. The smallest absolute Gasteiger partial charge is 0.308 e. The Morgan fingerprint density at radius 3 is 2.44 bits per heavy atom. The highest BCUT2D eigenvalue weighted by Crippen LogP contribution is 2.21. The molecule has 2 N–H and O–H groups in total. The summed E-state index contributed by atoms with van der Waals surface area (Å²) in [5.41, 5.74) is 2.25. The highest BCUT2D eigenvalue weighted by atomic mass is 35.5. The average Bonchev–Trinajstić information content (AvgIpc) is 2.97. The fourth-order valence-corrected chi connectivity index (χ4v) is 5.35. The number of ether oxygens (including phenoxy) is 1. The topological polar surface area (TPSA) is 87.7 Å². The molecule has 0 unspecified atom stereocenters. The minimum Gasteiger partial charge on any atom is -0.426 e. The van der Waals surface area contributed by atoms with Gasteiger partial charge in [0.25, 0.3) is 5.91 Å². The fourth-order valence-electron chi connectivity index (χ4n) is 5.22. The van der Waals surface area contributed by atoms with Crippen LogP contribution in [0.1, 0.15) is 28.4 Å². The molecule has 1 heterocycles. The van der Waals surface area contributed by atoms with Gasteiger partial charge >= 0.3 is 5.97 Å². The molecule has 2 amide bonds. The third-order valence-electron chi connectivity index (χ3n) is 7.21. The summed E-state index contributed by atoms with van der Waals surface area (Å²) in [6, 6.07) is 27.7. The molecule has 0 radical (unpaired) electrons. The summed E-state index contributed by atoms with van der Waals surface area (Å²) in [6.07, 6.45) is 1.06.